The van der Waals surface area contributed by atoms with Crippen molar-refractivity contribution in [3.63, 3.8) is 0 Å². The minimum Gasteiger partial charge on any atom is -0.381 e. The van der Waals surface area contributed by atoms with Crippen LogP contribution in [0.25, 0.3) is 16.9 Å². The number of anilines is 1. The first-order valence-corrected chi connectivity index (χ1v) is 8.04. The van der Waals surface area contributed by atoms with Gasteiger partial charge in [0.2, 0.25) is 0 Å². The number of benzene rings is 1. The molecule has 23 heavy (non-hydrogen) atoms. The number of nitrogens with zero attached hydrogens (tertiary/aromatic N) is 4. The van der Waals surface area contributed by atoms with Crippen molar-refractivity contribution >= 4 is 11.5 Å². The van der Waals surface area contributed by atoms with E-state index in [-0.39, 0.29) is 0 Å². The van der Waals surface area contributed by atoms with Crippen molar-refractivity contribution in [2.24, 2.45) is 0 Å². The molecule has 0 unspecified atom stereocenters. The molecule has 1 aliphatic rings. The Morgan fingerprint density at radius 2 is 1.87 bits per heavy atom. The summed E-state index contributed by atoms with van der Waals surface area (Å²) in [6.45, 7) is 1.66. The molecule has 3 aromatic rings. The van der Waals surface area contributed by atoms with Crippen molar-refractivity contribution in [2.45, 2.75) is 18.9 Å². The number of rotatable bonds is 3. The Morgan fingerprint density at radius 1 is 1.09 bits per heavy atom. The molecule has 5 nitrogen and oxygen atoms in total. The van der Waals surface area contributed by atoms with Crippen LogP contribution in [-0.2, 0) is 4.74 Å². The van der Waals surface area contributed by atoms with Crippen molar-refractivity contribution in [1.82, 2.24) is 14.6 Å². The second-order valence-corrected chi connectivity index (χ2v) is 5.93. The van der Waals surface area contributed by atoms with Crippen LogP contribution in [0.3, 0.4) is 0 Å². The lowest BCUT2D eigenvalue weighted by Crippen LogP contribution is -2.37. The van der Waals surface area contributed by atoms with Gasteiger partial charge in [-0.25, -0.2) is 9.50 Å². The molecule has 2 aromatic heterocycles. The molecule has 0 radical (unpaired) electrons. The van der Waals surface area contributed by atoms with Crippen molar-refractivity contribution in [2.75, 3.05) is 25.2 Å². The predicted molar refractivity (Wildman–Crippen MR) is 90.7 cm³/mol. The van der Waals surface area contributed by atoms with Gasteiger partial charge in [0, 0.05) is 31.9 Å². The van der Waals surface area contributed by atoms with Gasteiger partial charge in [0.1, 0.15) is 5.82 Å². The fourth-order valence-corrected chi connectivity index (χ4v) is 3.12. The maximum atomic E-state index is 5.46. The van der Waals surface area contributed by atoms with Gasteiger partial charge in [-0.15, -0.1) is 5.10 Å². The summed E-state index contributed by atoms with van der Waals surface area (Å²) in [5.74, 6) is 0.972. The van der Waals surface area contributed by atoms with Crippen LogP contribution < -0.4 is 4.90 Å². The molecule has 0 spiro atoms. The van der Waals surface area contributed by atoms with E-state index < -0.39 is 0 Å². The van der Waals surface area contributed by atoms with Gasteiger partial charge >= 0.3 is 0 Å². The van der Waals surface area contributed by atoms with Crippen LogP contribution in [0, 0.1) is 0 Å². The van der Waals surface area contributed by atoms with Gasteiger partial charge in [0.25, 0.3) is 0 Å². The second-order valence-electron chi connectivity index (χ2n) is 5.93. The molecule has 0 atom stereocenters. The Balaban J connectivity index is 1.72. The van der Waals surface area contributed by atoms with Crippen LogP contribution in [-0.4, -0.2) is 40.9 Å². The zero-order valence-corrected chi connectivity index (χ0v) is 13.2. The molecule has 0 aliphatic carbocycles. The first kappa shape index (κ1) is 14.2. The highest BCUT2D eigenvalue weighted by Crippen LogP contribution is 2.23. The summed E-state index contributed by atoms with van der Waals surface area (Å²) in [5.41, 5.74) is 3.01. The molecule has 0 saturated carbocycles. The van der Waals surface area contributed by atoms with E-state index in [0.717, 1.165) is 48.8 Å². The third-order valence-electron chi connectivity index (χ3n) is 4.52. The third kappa shape index (κ3) is 2.68. The summed E-state index contributed by atoms with van der Waals surface area (Å²) >= 11 is 0. The molecule has 1 aliphatic heterocycles. The van der Waals surface area contributed by atoms with Gasteiger partial charge in [-0.05, 0) is 25.0 Å². The lowest BCUT2D eigenvalue weighted by atomic mass is 10.1. The van der Waals surface area contributed by atoms with Crippen molar-refractivity contribution in [3.8, 4) is 11.3 Å². The van der Waals surface area contributed by atoms with Gasteiger partial charge in [-0.3, -0.25) is 0 Å². The summed E-state index contributed by atoms with van der Waals surface area (Å²) in [5, 5.41) is 4.83. The molecule has 118 valence electrons. The topological polar surface area (TPSA) is 42.7 Å². The summed E-state index contributed by atoms with van der Waals surface area (Å²) < 4.78 is 7.39. The minimum absolute atomic E-state index is 0.484. The van der Waals surface area contributed by atoms with E-state index in [4.69, 9.17) is 9.84 Å². The number of aromatic nitrogens is 3. The van der Waals surface area contributed by atoms with Crippen molar-refractivity contribution < 1.29 is 4.74 Å². The Morgan fingerprint density at radius 3 is 2.65 bits per heavy atom. The standard InChI is InChI=1S/C18H20N4O/c1-21(15-9-11-23-12-10-15)18-8-7-17-19-13-16(22(17)20-18)14-5-3-2-4-6-14/h2-8,13,15H,9-12H2,1H3. The molecule has 1 aromatic carbocycles. The molecular formula is C18H20N4O. The van der Waals surface area contributed by atoms with Crippen LogP contribution in [0.15, 0.2) is 48.7 Å². The monoisotopic (exact) mass is 308 g/mol. The first-order chi connectivity index (χ1) is 11.3. The van der Waals surface area contributed by atoms with E-state index in [0.29, 0.717) is 6.04 Å². The maximum absolute atomic E-state index is 5.46. The van der Waals surface area contributed by atoms with Gasteiger partial charge in [-0.1, -0.05) is 30.3 Å². The highest BCUT2D eigenvalue weighted by atomic mass is 16.5. The largest absolute Gasteiger partial charge is 0.381 e. The van der Waals surface area contributed by atoms with Crippen LogP contribution in [0.1, 0.15) is 12.8 Å². The molecule has 4 rings (SSSR count). The normalized spacial score (nSPS) is 15.9. The molecule has 0 bridgehead atoms. The van der Waals surface area contributed by atoms with E-state index in [1.54, 1.807) is 0 Å². The number of imidazole rings is 1. The minimum atomic E-state index is 0.484. The Bertz CT molecular complexity index is 793. The highest BCUT2D eigenvalue weighted by molar-refractivity contribution is 5.63. The quantitative estimate of drug-likeness (QED) is 0.746. The Labute approximate surface area is 135 Å². The second kappa shape index (κ2) is 6.01. The molecule has 1 saturated heterocycles. The van der Waals surface area contributed by atoms with Crippen molar-refractivity contribution in [3.05, 3.63) is 48.7 Å². The molecule has 0 N–H and O–H groups in total. The predicted octanol–water partition coefficient (Wildman–Crippen LogP) is 3.01. The first-order valence-electron chi connectivity index (χ1n) is 8.04. The zero-order valence-electron chi connectivity index (χ0n) is 13.2. The van der Waals surface area contributed by atoms with Crippen LogP contribution in [0.2, 0.25) is 0 Å². The molecule has 3 heterocycles. The fraction of sp³-hybridized carbons (Fsp3) is 0.333. The number of hydrogen-bond donors (Lipinski definition) is 0. The molecule has 5 heteroatoms. The van der Waals surface area contributed by atoms with E-state index in [2.05, 4.69) is 29.1 Å². The smallest absolute Gasteiger partial charge is 0.154 e. The van der Waals surface area contributed by atoms with Crippen molar-refractivity contribution in [1.29, 1.82) is 0 Å². The number of ether oxygens (including phenoxy) is 1. The van der Waals surface area contributed by atoms with Gasteiger partial charge in [-0.2, -0.15) is 0 Å². The van der Waals surface area contributed by atoms with Crippen LogP contribution in [0.5, 0.6) is 0 Å². The van der Waals surface area contributed by atoms with E-state index in [9.17, 15) is 0 Å². The summed E-state index contributed by atoms with van der Waals surface area (Å²) in [7, 11) is 2.11. The highest BCUT2D eigenvalue weighted by Gasteiger charge is 2.20. The number of hydrogen-bond acceptors (Lipinski definition) is 4. The van der Waals surface area contributed by atoms with Gasteiger partial charge in [0.05, 0.1) is 11.9 Å². The third-order valence-corrected chi connectivity index (χ3v) is 4.52. The molecular weight excluding hydrogens is 288 g/mol. The summed E-state index contributed by atoms with van der Waals surface area (Å²) in [4.78, 5) is 6.73. The van der Waals surface area contributed by atoms with Crippen LogP contribution >= 0.6 is 0 Å². The zero-order chi connectivity index (χ0) is 15.6. The van der Waals surface area contributed by atoms with Gasteiger partial charge in [0.15, 0.2) is 5.65 Å². The van der Waals surface area contributed by atoms with E-state index in [1.165, 1.54) is 0 Å². The van der Waals surface area contributed by atoms with E-state index >= 15 is 0 Å². The van der Waals surface area contributed by atoms with E-state index in [1.807, 2.05) is 41.0 Å². The number of fused-ring (bicyclic) bond motifs is 1. The van der Waals surface area contributed by atoms with Crippen LogP contribution in [0.4, 0.5) is 5.82 Å². The average Bonchev–Trinajstić information content (AvgIpc) is 3.05. The molecule has 1 fully saturated rings. The lowest BCUT2D eigenvalue weighted by molar-refractivity contribution is 0.0853. The Kier molecular flexibility index (Phi) is 3.71. The summed E-state index contributed by atoms with van der Waals surface area (Å²) in [6, 6.07) is 14.8. The maximum Gasteiger partial charge on any atom is 0.154 e. The fourth-order valence-electron chi connectivity index (χ4n) is 3.12. The SMILES string of the molecule is CN(c1ccc2ncc(-c3ccccc3)n2n1)C1CCOCC1. The summed E-state index contributed by atoms with van der Waals surface area (Å²) in [6.07, 6.45) is 3.98. The molecule has 0 amide bonds. The Hall–Kier alpha value is -2.40. The van der Waals surface area contributed by atoms with Gasteiger partial charge < -0.3 is 9.64 Å². The average molecular weight is 308 g/mol. The lowest BCUT2D eigenvalue weighted by Gasteiger charge is -2.31.